The van der Waals surface area contributed by atoms with Crippen LogP contribution in [-0.2, 0) is 0 Å². The molecule has 2 aromatic rings. The number of rotatable bonds is 3. The van der Waals surface area contributed by atoms with Gasteiger partial charge in [0, 0.05) is 17.3 Å². The van der Waals surface area contributed by atoms with E-state index in [4.69, 9.17) is 10.8 Å². The van der Waals surface area contributed by atoms with Crippen LogP contribution in [0.5, 0.6) is 0 Å². The first-order valence-electron chi connectivity index (χ1n) is 7.15. The lowest BCUT2D eigenvalue weighted by Gasteiger charge is -2.13. The van der Waals surface area contributed by atoms with E-state index in [9.17, 15) is 4.79 Å². The van der Waals surface area contributed by atoms with Crippen LogP contribution >= 0.6 is 0 Å². The number of nitrogens with one attached hydrogen (secondary N) is 2. The van der Waals surface area contributed by atoms with Crippen molar-refractivity contribution >= 4 is 23.3 Å². The zero-order chi connectivity index (χ0) is 15.5. The second-order valence-corrected chi connectivity index (χ2v) is 5.20. The second kappa shape index (κ2) is 5.88. The topological polar surface area (TPSA) is 117 Å². The number of nitrogens with two attached hydrogens (primary N) is 1. The quantitative estimate of drug-likeness (QED) is 0.694. The normalized spacial score (nSPS) is 14.5. The molecule has 0 unspecified atom stereocenters. The number of anilines is 2. The molecule has 0 atom stereocenters. The highest BCUT2D eigenvalue weighted by molar-refractivity contribution is 5.86. The summed E-state index contributed by atoms with van der Waals surface area (Å²) in [5.41, 5.74) is 9.79. The van der Waals surface area contributed by atoms with Gasteiger partial charge in [0.15, 0.2) is 5.82 Å². The number of hydrogen-bond donors (Lipinski definition) is 4. The summed E-state index contributed by atoms with van der Waals surface area (Å²) in [4.78, 5) is 14.7. The minimum atomic E-state index is -1.14. The Morgan fingerprint density at radius 3 is 2.86 bits per heavy atom. The third-order valence-electron chi connectivity index (χ3n) is 3.69. The van der Waals surface area contributed by atoms with Gasteiger partial charge < -0.3 is 10.8 Å². The Balaban J connectivity index is 1.95. The number of hydrogen-bond acceptors (Lipinski definition) is 4. The lowest BCUT2D eigenvalue weighted by atomic mass is 9.92. The molecule has 0 bridgehead atoms. The molecule has 7 heteroatoms. The van der Waals surface area contributed by atoms with Gasteiger partial charge in [0.25, 0.3) is 0 Å². The summed E-state index contributed by atoms with van der Waals surface area (Å²) in [5, 5.41) is 18.0. The first kappa shape index (κ1) is 14.1. The molecule has 0 aliphatic heterocycles. The summed E-state index contributed by atoms with van der Waals surface area (Å²) in [6.07, 6.45) is 7.07. The first-order chi connectivity index (χ1) is 10.6. The van der Waals surface area contributed by atoms with E-state index in [1.54, 1.807) is 18.3 Å². The Hall–Kier alpha value is -2.83. The van der Waals surface area contributed by atoms with Crippen molar-refractivity contribution in [1.82, 2.24) is 15.2 Å². The van der Waals surface area contributed by atoms with Crippen molar-refractivity contribution in [2.75, 3.05) is 11.1 Å². The molecule has 5 N–H and O–H groups in total. The van der Waals surface area contributed by atoms with E-state index >= 15 is 0 Å². The summed E-state index contributed by atoms with van der Waals surface area (Å²) in [6.45, 7) is 0. The highest BCUT2D eigenvalue weighted by Crippen LogP contribution is 2.36. The summed E-state index contributed by atoms with van der Waals surface area (Å²) in [5.74, 6) is 0.762. The molecule has 0 saturated carbocycles. The van der Waals surface area contributed by atoms with E-state index in [1.165, 1.54) is 12.0 Å². The van der Waals surface area contributed by atoms with Gasteiger partial charge in [-0.2, -0.15) is 5.10 Å². The molecule has 2 aromatic heterocycles. The van der Waals surface area contributed by atoms with Crippen LogP contribution in [0.25, 0.3) is 16.8 Å². The molecule has 3 rings (SSSR count). The van der Waals surface area contributed by atoms with Crippen molar-refractivity contribution in [2.24, 2.45) is 0 Å². The van der Waals surface area contributed by atoms with Gasteiger partial charge in [-0.15, -0.1) is 0 Å². The van der Waals surface area contributed by atoms with E-state index in [0.29, 0.717) is 5.82 Å². The predicted molar refractivity (Wildman–Crippen MR) is 84.3 cm³/mol. The van der Waals surface area contributed by atoms with Gasteiger partial charge >= 0.3 is 6.09 Å². The zero-order valence-electron chi connectivity index (χ0n) is 12.0. The maximum atomic E-state index is 10.6. The van der Waals surface area contributed by atoms with Crippen LogP contribution in [0.1, 0.15) is 31.2 Å². The Morgan fingerprint density at radius 1 is 1.36 bits per heavy atom. The standard InChI is InChI=1S/C15H17N5O2/c16-14-12(9-4-2-1-3-5-9)13(19-20-14)10-6-7-11(17-8-10)18-15(21)22/h4,6-8H,1-3,5H2,(H,17,18)(H,21,22)(H3,16,19,20). The third-order valence-corrected chi connectivity index (χ3v) is 3.69. The Morgan fingerprint density at radius 2 is 2.23 bits per heavy atom. The third kappa shape index (κ3) is 2.78. The molecule has 22 heavy (non-hydrogen) atoms. The van der Waals surface area contributed by atoms with Gasteiger partial charge in [-0.25, -0.2) is 9.78 Å². The van der Waals surface area contributed by atoms with E-state index in [1.807, 2.05) is 0 Å². The number of nitrogens with zero attached hydrogens (tertiary/aromatic N) is 2. The largest absolute Gasteiger partial charge is 0.465 e. The summed E-state index contributed by atoms with van der Waals surface area (Å²) < 4.78 is 0. The predicted octanol–water partition coefficient (Wildman–Crippen LogP) is 3.10. The molecule has 0 aromatic carbocycles. The fourth-order valence-electron chi connectivity index (χ4n) is 2.68. The smallest absolute Gasteiger partial charge is 0.410 e. The second-order valence-electron chi connectivity index (χ2n) is 5.20. The van der Waals surface area contributed by atoms with Crippen molar-refractivity contribution in [3.8, 4) is 11.3 Å². The van der Waals surface area contributed by atoms with Crippen LogP contribution in [0.15, 0.2) is 24.4 Å². The van der Waals surface area contributed by atoms with Crippen LogP contribution in [-0.4, -0.2) is 26.4 Å². The number of amides is 1. The SMILES string of the molecule is Nc1n[nH]c(-c2ccc(NC(=O)O)nc2)c1C1=CCCCC1. The first-order valence-corrected chi connectivity index (χ1v) is 7.15. The fraction of sp³-hybridized carbons (Fsp3) is 0.267. The highest BCUT2D eigenvalue weighted by Gasteiger charge is 2.18. The van der Waals surface area contributed by atoms with Crippen molar-refractivity contribution < 1.29 is 9.90 Å². The molecule has 1 amide bonds. The lowest BCUT2D eigenvalue weighted by Crippen LogP contribution is -2.08. The molecule has 0 radical (unpaired) electrons. The highest BCUT2D eigenvalue weighted by atomic mass is 16.4. The molecular formula is C15H17N5O2. The molecule has 0 spiro atoms. The van der Waals surface area contributed by atoms with Crippen LogP contribution in [0, 0.1) is 0 Å². The van der Waals surface area contributed by atoms with E-state index in [2.05, 4.69) is 26.6 Å². The number of nitrogen functional groups attached to an aromatic ring is 1. The maximum absolute atomic E-state index is 10.6. The monoisotopic (exact) mass is 299 g/mol. The van der Waals surface area contributed by atoms with E-state index in [-0.39, 0.29) is 5.82 Å². The van der Waals surface area contributed by atoms with E-state index < -0.39 is 6.09 Å². The minimum absolute atomic E-state index is 0.280. The van der Waals surface area contributed by atoms with Crippen LogP contribution < -0.4 is 11.1 Å². The van der Waals surface area contributed by atoms with Crippen LogP contribution in [0.2, 0.25) is 0 Å². The van der Waals surface area contributed by atoms with Crippen molar-refractivity contribution in [1.29, 1.82) is 0 Å². The van der Waals surface area contributed by atoms with Crippen molar-refractivity contribution in [3.63, 3.8) is 0 Å². The Bertz CT molecular complexity index is 718. The van der Waals surface area contributed by atoms with Crippen molar-refractivity contribution in [2.45, 2.75) is 25.7 Å². The number of carboxylic acid groups (broad SMARTS) is 1. The van der Waals surface area contributed by atoms with Gasteiger partial charge in [-0.3, -0.25) is 10.4 Å². The zero-order valence-corrected chi connectivity index (χ0v) is 12.0. The van der Waals surface area contributed by atoms with Gasteiger partial charge in [-0.05, 0) is 43.4 Å². The molecule has 7 nitrogen and oxygen atoms in total. The number of H-pyrrole nitrogens is 1. The lowest BCUT2D eigenvalue weighted by molar-refractivity contribution is 0.209. The van der Waals surface area contributed by atoms with Gasteiger partial charge in [0.1, 0.15) is 5.82 Å². The van der Waals surface area contributed by atoms with Crippen LogP contribution in [0.3, 0.4) is 0 Å². The molecule has 114 valence electrons. The molecule has 1 aliphatic rings. The number of carbonyl (C=O) groups is 1. The Labute approximate surface area is 127 Å². The number of aromatic amines is 1. The average Bonchev–Trinajstić information content (AvgIpc) is 2.90. The Kier molecular flexibility index (Phi) is 3.78. The molecule has 2 heterocycles. The molecule has 0 saturated heterocycles. The summed E-state index contributed by atoms with van der Waals surface area (Å²) in [6, 6.07) is 3.40. The number of aromatic nitrogens is 3. The minimum Gasteiger partial charge on any atom is -0.465 e. The summed E-state index contributed by atoms with van der Waals surface area (Å²) in [7, 11) is 0. The number of allylic oxidation sites excluding steroid dienone is 2. The van der Waals surface area contributed by atoms with Gasteiger partial charge in [-0.1, -0.05) is 6.08 Å². The fourth-order valence-corrected chi connectivity index (χ4v) is 2.68. The summed E-state index contributed by atoms with van der Waals surface area (Å²) >= 11 is 0. The van der Waals surface area contributed by atoms with Crippen molar-refractivity contribution in [3.05, 3.63) is 30.0 Å². The van der Waals surface area contributed by atoms with Gasteiger partial charge in [0.2, 0.25) is 0 Å². The van der Waals surface area contributed by atoms with Gasteiger partial charge in [0.05, 0.1) is 5.69 Å². The molecule has 0 fully saturated rings. The molecular weight excluding hydrogens is 282 g/mol. The van der Waals surface area contributed by atoms with E-state index in [0.717, 1.165) is 36.1 Å². The number of pyridine rings is 1. The maximum Gasteiger partial charge on any atom is 0.410 e. The molecule has 1 aliphatic carbocycles. The average molecular weight is 299 g/mol. The van der Waals surface area contributed by atoms with Crippen LogP contribution in [0.4, 0.5) is 16.4 Å².